The number of nitrogens with zero attached hydrogens (tertiary/aromatic N) is 2. The molecule has 122 valence electrons. The summed E-state index contributed by atoms with van der Waals surface area (Å²) in [5, 5.41) is 2.09. The van der Waals surface area contributed by atoms with Crippen LogP contribution >= 0.6 is 27.3 Å². The molecule has 2 heterocycles. The summed E-state index contributed by atoms with van der Waals surface area (Å²) in [7, 11) is 0. The van der Waals surface area contributed by atoms with E-state index in [1.54, 1.807) is 17.4 Å². The first-order valence-corrected chi connectivity index (χ1v) is 9.30. The van der Waals surface area contributed by atoms with E-state index in [1.165, 1.54) is 17.0 Å². The molecule has 1 saturated heterocycles. The Labute approximate surface area is 147 Å². The van der Waals surface area contributed by atoms with Crippen molar-refractivity contribution in [2.24, 2.45) is 0 Å². The maximum Gasteiger partial charge on any atom is 0.255 e. The SMILES string of the molecule is O=C(c1cc(F)ccc1Br)N1CCCN(Cc2cccs2)CC1. The van der Waals surface area contributed by atoms with Gasteiger partial charge in [-0.2, -0.15) is 0 Å². The molecular weight excluding hydrogens is 379 g/mol. The molecule has 0 unspecified atom stereocenters. The van der Waals surface area contributed by atoms with Gasteiger partial charge < -0.3 is 4.90 Å². The summed E-state index contributed by atoms with van der Waals surface area (Å²) in [5.74, 6) is -0.486. The Kier molecular flexibility index (Phi) is 5.46. The Balaban J connectivity index is 1.65. The lowest BCUT2D eigenvalue weighted by atomic mass is 10.2. The van der Waals surface area contributed by atoms with Crippen LogP contribution in [0.25, 0.3) is 0 Å². The summed E-state index contributed by atoms with van der Waals surface area (Å²) in [6.45, 7) is 4.14. The number of carbonyl (C=O) groups excluding carboxylic acids is 1. The predicted octanol–water partition coefficient (Wildman–Crippen LogP) is 4.00. The zero-order chi connectivity index (χ0) is 16.2. The fourth-order valence-electron chi connectivity index (χ4n) is 2.79. The lowest BCUT2D eigenvalue weighted by molar-refractivity contribution is 0.0759. The molecule has 0 spiro atoms. The van der Waals surface area contributed by atoms with Crippen LogP contribution in [0.1, 0.15) is 21.7 Å². The van der Waals surface area contributed by atoms with E-state index in [1.807, 2.05) is 4.90 Å². The van der Waals surface area contributed by atoms with Crippen molar-refractivity contribution in [1.29, 1.82) is 0 Å². The highest BCUT2D eigenvalue weighted by Crippen LogP contribution is 2.21. The maximum atomic E-state index is 13.4. The van der Waals surface area contributed by atoms with Crippen molar-refractivity contribution in [3.05, 3.63) is 56.4 Å². The zero-order valence-electron chi connectivity index (χ0n) is 12.7. The van der Waals surface area contributed by atoms with Crippen LogP contribution in [0, 0.1) is 5.82 Å². The Morgan fingerprint density at radius 1 is 1.22 bits per heavy atom. The second-order valence-corrected chi connectivity index (χ2v) is 7.51. The third-order valence-electron chi connectivity index (χ3n) is 3.99. The van der Waals surface area contributed by atoms with Gasteiger partial charge in [0, 0.05) is 42.1 Å². The Hall–Kier alpha value is -1.24. The number of halogens is 2. The number of thiophene rings is 1. The van der Waals surface area contributed by atoms with Crippen LogP contribution in [0.2, 0.25) is 0 Å². The lowest BCUT2D eigenvalue weighted by Crippen LogP contribution is -2.35. The molecular formula is C17H18BrFN2OS. The second kappa shape index (κ2) is 7.55. The minimum Gasteiger partial charge on any atom is -0.337 e. The molecule has 0 atom stereocenters. The van der Waals surface area contributed by atoms with Gasteiger partial charge in [0.15, 0.2) is 0 Å². The van der Waals surface area contributed by atoms with Gasteiger partial charge >= 0.3 is 0 Å². The highest BCUT2D eigenvalue weighted by atomic mass is 79.9. The fraction of sp³-hybridized carbons (Fsp3) is 0.353. The van der Waals surface area contributed by atoms with Crippen molar-refractivity contribution in [2.75, 3.05) is 26.2 Å². The lowest BCUT2D eigenvalue weighted by Gasteiger charge is -2.22. The molecule has 0 radical (unpaired) electrons. The number of carbonyl (C=O) groups is 1. The fourth-order valence-corrected chi connectivity index (χ4v) is 3.95. The summed E-state index contributed by atoms with van der Waals surface area (Å²) in [6, 6.07) is 8.45. The number of rotatable bonds is 3. The van der Waals surface area contributed by atoms with Crippen LogP contribution in [0.4, 0.5) is 4.39 Å². The molecule has 1 fully saturated rings. The van der Waals surface area contributed by atoms with Gasteiger partial charge in [-0.25, -0.2) is 4.39 Å². The van der Waals surface area contributed by atoms with Gasteiger partial charge in [0.2, 0.25) is 0 Å². The summed E-state index contributed by atoms with van der Waals surface area (Å²) < 4.78 is 14.1. The molecule has 0 aliphatic carbocycles. The van der Waals surface area contributed by atoms with Gasteiger partial charge in [-0.05, 0) is 52.0 Å². The first-order chi connectivity index (χ1) is 11.1. The van der Waals surface area contributed by atoms with Crippen molar-refractivity contribution in [3.63, 3.8) is 0 Å². The topological polar surface area (TPSA) is 23.6 Å². The standard InChI is InChI=1S/C17H18BrFN2OS/c18-16-5-4-13(19)11-15(16)17(22)21-7-2-6-20(8-9-21)12-14-3-1-10-23-14/h1,3-5,10-11H,2,6-9,12H2. The van der Waals surface area contributed by atoms with Crippen LogP contribution in [0.15, 0.2) is 40.2 Å². The van der Waals surface area contributed by atoms with E-state index >= 15 is 0 Å². The smallest absolute Gasteiger partial charge is 0.255 e. The average Bonchev–Trinajstić information content (AvgIpc) is 2.94. The minimum absolute atomic E-state index is 0.102. The Morgan fingerprint density at radius 2 is 2.09 bits per heavy atom. The van der Waals surface area contributed by atoms with Crippen LogP contribution in [-0.2, 0) is 6.54 Å². The van der Waals surface area contributed by atoms with Gasteiger partial charge in [0.05, 0.1) is 5.56 Å². The highest BCUT2D eigenvalue weighted by Gasteiger charge is 2.22. The van der Waals surface area contributed by atoms with E-state index in [9.17, 15) is 9.18 Å². The van der Waals surface area contributed by atoms with Crippen molar-refractivity contribution in [1.82, 2.24) is 9.80 Å². The van der Waals surface area contributed by atoms with Gasteiger partial charge in [0.1, 0.15) is 5.82 Å². The number of hydrogen-bond acceptors (Lipinski definition) is 3. The monoisotopic (exact) mass is 396 g/mol. The molecule has 3 rings (SSSR count). The van der Waals surface area contributed by atoms with Gasteiger partial charge in [-0.15, -0.1) is 11.3 Å². The van der Waals surface area contributed by atoms with Crippen molar-refractivity contribution >= 4 is 33.2 Å². The summed E-state index contributed by atoms with van der Waals surface area (Å²) in [5.41, 5.74) is 0.400. The quantitative estimate of drug-likeness (QED) is 0.782. The number of amides is 1. The maximum absolute atomic E-state index is 13.4. The van der Waals surface area contributed by atoms with E-state index in [4.69, 9.17) is 0 Å². The molecule has 1 amide bonds. The first kappa shape index (κ1) is 16.6. The molecule has 3 nitrogen and oxygen atoms in total. The molecule has 1 aliphatic heterocycles. The number of hydrogen-bond donors (Lipinski definition) is 0. The molecule has 23 heavy (non-hydrogen) atoms. The third kappa shape index (κ3) is 4.19. The van der Waals surface area contributed by atoms with E-state index in [0.29, 0.717) is 23.1 Å². The number of benzene rings is 1. The molecule has 1 aromatic carbocycles. The molecule has 0 bridgehead atoms. The van der Waals surface area contributed by atoms with Gasteiger partial charge in [0.25, 0.3) is 5.91 Å². The molecule has 6 heteroatoms. The highest BCUT2D eigenvalue weighted by molar-refractivity contribution is 9.10. The van der Waals surface area contributed by atoms with E-state index in [-0.39, 0.29) is 11.7 Å². The van der Waals surface area contributed by atoms with Crippen LogP contribution < -0.4 is 0 Å². The van der Waals surface area contributed by atoms with E-state index in [0.717, 1.165) is 26.1 Å². The molecule has 1 aromatic heterocycles. The van der Waals surface area contributed by atoms with Crippen LogP contribution in [-0.4, -0.2) is 41.9 Å². The predicted molar refractivity (Wildman–Crippen MR) is 94.2 cm³/mol. The minimum atomic E-state index is -0.384. The average molecular weight is 397 g/mol. The van der Waals surface area contributed by atoms with Crippen molar-refractivity contribution in [3.8, 4) is 0 Å². The Morgan fingerprint density at radius 3 is 2.87 bits per heavy atom. The van der Waals surface area contributed by atoms with Crippen LogP contribution in [0.5, 0.6) is 0 Å². The zero-order valence-corrected chi connectivity index (χ0v) is 15.1. The van der Waals surface area contributed by atoms with Crippen molar-refractivity contribution < 1.29 is 9.18 Å². The first-order valence-electron chi connectivity index (χ1n) is 7.62. The van der Waals surface area contributed by atoms with Crippen LogP contribution in [0.3, 0.4) is 0 Å². The summed E-state index contributed by atoms with van der Waals surface area (Å²) >= 11 is 5.11. The normalized spacial score (nSPS) is 16.3. The third-order valence-corrected chi connectivity index (χ3v) is 5.55. The largest absolute Gasteiger partial charge is 0.337 e. The second-order valence-electron chi connectivity index (χ2n) is 5.63. The van der Waals surface area contributed by atoms with Crippen molar-refractivity contribution in [2.45, 2.75) is 13.0 Å². The summed E-state index contributed by atoms with van der Waals surface area (Å²) in [6.07, 6.45) is 0.935. The Bertz CT molecular complexity index is 677. The molecule has 0 saturated carbocycles. The molecule has 0 N–H and O–H groups in total. The molecule has 1 aliphatic rings. The van der Waals surface area contributed by atoms with Gasteiger partial charge in [-0.3, -0.25) is 9.69 Å². The van der Waals surface area contributed by atoms with Gasteiger partial charge in [-0.1, -0.05) is 6.07 Å². The van der Waals surface area contributed by atoms with E-state index in [2.05, 4.69) is 38.3 Å². The molecule has 2 aromatic rings. The van der Waals surface area contributed by atoms with E-state index < -0.39 is 0 Å². The summed E-state index contributed by atoms with van der Waals surface area (Å²) in [4.78, 5) is 18.2.